The van der Waals surface area contributed by atoms with Crippen molar-refractivity contribution in [3.05, 3.63) is 88.2 Å². The van der Waals surface area contributed by atoms with E-state index in [0.717, 1.165) is 34.6 Å². The second-order valence-electron chi connectivity index (χ2n) is 8.45. The lowest BCUT2D eigenvalue weighted by molar-refractivity contribution is -0.137. The number of carbonyl (C=O) groups is 1. The Kier molecular flexibility index (Phi) is 6.56. The number of amides is 1. The zero-order chi connectivity index (χ0) is 23.6. The molecule has 1 aliphatic heterocycles. The van der Waals surface area contributed by atoms with Crippen LogP contribution >= 0.6 is 0 Å². The van der Waals surface area contributed by atoms with E-state index < -0.39 is 11.7 Å². The molecule has 33 heavy (non-hydrogen) atoms. The number of carbonyl (C=O) groups excluding carboxylic acids is 1. The molecule has 174 valence electrons. The predicted octanol–water partition coefficient (Wildman–Crippen LogP) is 4.53. The first kappa shape index (κ1) is 23.0. The van der Waals surface area contributed by atoms with Crippen molar-refractivity contribution in [2.75, 3.05) is 26.2 Å². The van der Waals surface area contributed by atoms with E-state index in [1.165, 1.54) is 12.1 Å². The smallest absolute Gasteiger partial charge is 0.336 e. The summed E-state index contributed by atoms with van der Waals surface area (Å²) >= 11 is 0. The first-order valence-corrected chi connectivity index (χ1v) is 11.0. The average molecular weight is 457 g/mol. The number of halogens is 3. The maximum absolute atomic E-state index is 13.3. The molecule has 0 bridgehead atoms. The van der Waals surface area contributed by atoms with E-state index in [-0.39, 0.29) is 5.91 Å². The van der Waals surface area contributed by atoms with Gasteiger partial charge in [-0.05, 0) is 37.1 Å². The van der Waals surface area contributed by atoms with Crippen molar-refractivity contribution in [1.29, 1.82) is 0 Å². The van der Waals surface area contributed by atoms with E-state index in [4.69, 9.17) is 0 Å². The van der Waals surface area contributed by atoms with Crippen LogP contribution in [0.15, 0.2) is 54.6 Å². The third-order valence-corrected chi connectivity index (χ3v) is 6.12. The van der Waals surface area contributed by atoms with Gasteiger partial charge in [0.2, 0.25) is 0 Å². The minimum Gasteiger partial charge on any atom is -0.336 e. The molecule has 8 heteroatoms. The predicted molar refractivity (Wildman–Crippen MR) is 120 cm³/mol. The largest absolute Gasteiger partial charge is 0.416 e. The number of hydrogen-bond donors (Lipinski definition) is 0. The summed E-state index contributed by atoms with van der Waals surface area (Å²) in [7, 11) is 0. The van der Waals surface area contributed by atoms with E-state index in [0.29, 0.717) is 44.8 Å². The Hall–Kier alpha value is -3.13. The van der Waals surface area contributed by atoms with Crippen LogP contribution < -0.4 is 0 Å². The Morgan fingerprint density at radius 2 is 1.48 bits per heavy atom. The zero-order valence-corrected chi connectivity index (χ0v) is 18.8. The molecule has 3 aromatic rings. The highest BCUT2D eigenvalue weighted by Gasteiger charge is 2.30. The number of piperazine rings is 1. The maximum Gasteiger partial charge on any atom is 0.416 e. The van der Waals surface area contributed by atoms with Gasteiger partial charge in [-0.15, -0.1) is 0 Å². The lowest BCUT2D eigenvalue weighted by atomic mass is 10.1. The van der Waals surface area contributed by atoms with Crippen molar-refractivity contribution >= 4 is 5.91 Å². The fourth-order valence-electron chi connectivity index (χ4n) is 4.24. The fourth-order valence-corrected chi connectivity index (χ4v) is 4.24. The van der Waals surface area contributed by atoms with Crippen LogP contribution in [0, 0.1) is 13.8 Å². The number of aromatic nitrogens is 2. The van der Waals surface area contributed by atoms with Crippen molar-refractivity contribution in [2.45, 2.75) is 33.1 Å². The fraction of sp³-hybridized carbons (Fsp3) is 0.360. The van der Waals surface area contributed by atoms with Crippen molar-refractivity contribution in [3.8, 4) is 0 Å². The van der Waals surface area contributed by atoms with E-state index in [2.05, 4.69) is 10.00 Å². The Balaban J connectivity index is 1.37. The van der Waals surface area contributed by atoms with E-state index in [9.17, 15) is 18.0 Å². The van der Waals surface area contributed by atoms with E-state index >= 15 is 0 Å². The van der Waals surface area contributed by atoms with Crippen LogP contribution in [-0.4, -0.2) is 51.7 Å². The standard InChI is InChI=1S/C25H27F3N4O/c1-18-23(19(2)32(29-18)17-20-6-4-3-5-7-20)24(33)31-14-12-30(13-15-31)16-21-8-10-22(11-9-21)25(26,27)28/h3-11H,12-17H2,1-2H3. The lowest BCUT2D eigenvalue weighted by Crippen LogP contribution is -2.48. The molecule has 1 saturated heterocycles. The summed E-state index contributed by atoms with van der Waals surface area (Å²) in [5.41, 5.74) is 3.55. The minimum atomic E-state index is -4.32. The first-order valence-electron chi connectivity index (χ1n) is 11.0. The Bertz CT molecular complexity index is 1100. The monoisotopic (exact) mass is 456 g/mol. The molecule has 0 N–H and O–H groups in total. The van der Waals surface area contributed by atoms with Gasteiger partial charge in [0.1, 0.15) is 0 Å². The molecule has 0 saturated carbocycles. The van der Waals surface area contributed by atoms with Crippen LogP contribution in [-0.2, 0) is 19.3 Å². The van der Waals surface area contributed by atoms with Crippen LogP contribution in [0.5, 0.6) is 0 Å². The molecule has 4 rings (SSSR count). The van der Waals surface area contributed by atoms with Gasteiger partial charge in [0.25, 0.3) is 5.91 Å². The molecule has 2 aromatic carbocycles. The summed E-state index contributed by atoms with van der Waals surface area (Å²) < 4.78 is 40.1. The normalized spacial score (nSPS) is 15.1. The lowest BCUT2D eigenvalue weighted by Gasteiger charge is -2.35. The summed E-state index contributed by atoms with van der Waals surface area (Å²) in [6, 6.07) is 15.3. The average Bonchev–Trinajstić information content (AvgIpc) is 3.07. The van der Waals surface area contributed by atoms with Gasteiger partial charge in [0.15, 0.2) is 0 Å². The molecule has 2 heterocycles. The van der Waals surface area contributed by atoms with Gasteiger partial charge in [-0.3, -0.25) is 14.4 Å². The van der Waals surface area contributed by atoms with Crippen molar-refractivity contribution in [3.63, 3.8) is 0 Å². The van der Waals surface area contributed by atoms with Crippen LogP contribution in [0.25, 0.3) is 0 Å². The minimum absolute atomic E-state index is 0.0153. The third-order valence-electron chi connectivity index (χ3n) is 6.12. The van der Waals surface area contributed by atoms with E-state index in [1.54, 1.807) is 0 Å². The molecule has 1 aromatic heterocycles. The summed E-state index contributed by atoms with van der Waals surface area (Å²) in [4.78, 5) is 17.2. The molecule has 0 atom stereocenters. The quantitative estimate of drug-likeness (QED) is 0.567. The van der Waals surface area contributed by atoms with Gasteiger partial charge in [-0.1, -0.05) is 42.5 Å². The van der Waals surface area contributed by atoms with Gasteiger partial charge in [-0.25, -0.2) is 0 Å². The molecule has 1 fully saturated rings. The Morgan fingerprint density at radius 3 is 2.09 bits per heavy atom. The Labute approximate surface area is 191 Å². The maximum atomic E-state index is 13.3. The molecule has 1 amide bonds. The number of aryl methyl sites for hydroxylation is 1. The van der Waals surface area contributed by atoms with Crippen molar-refractivity contribution < 1.29 is 18.0 Å². The van der Waals surface area contributed by atoms with Gasteiger partial charge >= 0.3 is 6.18 Å². The van der Waals surface area contributed by atoms with Crippen LogP contribution in [0.2, 0.25) is 0 Å². The number of benzene rings is 2. The van der Waals surface area contributed by atoms with Gasteiger partial charge in [0.05, 0.1) is 23.4 Å². The highest BCUT2D eigenvalue weighted by molar-refractivity contribution is 5.96. The zero-order valence-electron chi connectivity index (χ0n) is 18.8. The van der Waals surface area contributed by atoms with Gasteiger partial charge in [0, 0.05) is 38.4 Å². The molecule has 0 spiro atoms. The molecule has 5 nitrogen and oxygen atoms in total. The third kappa shape index (κ3) is 5.27. The van der Waals surface area contributed by atoms with Crippen LogP contribution in [0.1, 0.15) is 38.4 Å². The van der Waals surface area contributed by atoms with Crippen LogP contribution in [0.3, 0.4) is 0 Å². The summed E-state index contributed by atoms with van der Waals surface area (Å²) in [5.74, 6) is -0.0153. The SMILES string of the molecule is Cc1nn(Cc2ccccc2)c(C)c1C(=O)N1CCN(Cc2ccc(C(F)(F)F)cc2)CC1. The first-order chi connectivity index (χ1) is 15.7. The summed E-state index contributed by atoms with van der Waals surface area (Å²) in [5, 5.41) is 4.60. The molecular weight excluding hydrogens is 429 g/mol. The highest BCUT2D eigenvalue weighted by Crippen LogP contribution is 2.29. The number of hydrogen-bond acceptors (Lipinski definition) is 3. The number of rotatable bonds is 5. The van der Waals surface area contributed by atoms with Crippen molar-refractivity contribution in [2.24, 2.45) is 0 Å². The van der Waals surface area contributed by atoms with Crippen LogP contribution in [0.4, 0.5) is 13.2 Å². The Morgan fingerprint density at radius 1 is 0.879 bits per heavy atom. The highest BCUT2D eigenvalue weighted by atomic mass is 19.4. The van der Waals surface area contributed by atoms with Gasteiger partial charge < -0.3 is 4.90 Å². The number of alkyl halides is 3. The molecular formula is C25H27F3N4O. The summed E-state index contributed by atoms with van der Waals surface area (Å²) in [6.45, 7) is 7.45. The van der Waals surface area contributed by atoms with Gasteiger partial charge in [-0.2, -0.15) is 18.3 Å². The summed E-state index contributed by atoms with van der Waals surface area (Å²) in [6.07, 6.45) is -4.32. The number of nitrogens with zero attached hydrogens (tertiary/aromatic N) is 4. The molecule has 1 aliphatic rings. The topological polar surface area (TPSA) is 41.4 Å². The molecule has 0 unspecified atom stereocenters. The second kappa shape index (κ2) is 9.39. The molecule has 0 aliphatic carbocycles. The second-order valence-corrected chi connectivity index (χ2v) is 8.45. The van der Waals surface area contributed by atoms with Crippen molar-refractivity contribution in [1.82, 2.24) is 19.6 Å². The molecule has 0 radical (unpaired) electrons. The van der Waals surface area contributed by atoms with E-state index in [1.807, 2.05) is 53.8 Å².